The van der Waals surface area contributed by atoms with Crippen LogP contribution in [0.5, 0.6) is 0 Å². The van der Waals surface area contributed by atoms with E-state index in [-0.39, 0.29) is 25.8 Å². The SMILES string of the molecule is CCCC/C=C\CCCCCCCC(=O)OC(COCCCCCCCCCCCC/C=C\C/C=C\CCCCCCC)COP(=O)([O-])OCC[N+](C)(C)C. The van der Waals surface area contributed by atoms with E-state index in [1.165, 1.54) is 122 Å². The van der Waals surface area contributed by atoms with E-state index in [9.17, 15) is 14.3 Å². The second kappa shape index (κ2) is 39.5. The average Bonchev–Trinajstić information content (AvgIpc) is 3.13. The van der Waals surface area contributed by atoms with Crippen LogP contribution in [0.25, 0.3) is 0 Å². The summed E-state index contributed by atoms with van der Waals surface area (Å²) in [5, 5.41) is 0. The van der Waals surface area contributed by atoms with Gasteiger partial charge in [-0.15, -0.1) is 0 Å². The summed E-state index contributed by atoms with van der Waals surface area (Å²) in [7, 11) is 1.35. The van der Waals surface area contributed by atoms with Gasteiger partial charge >= 0.3 is 5.97 Å². The number of carbonyl (C=O) groups is 1. The number of likely N-dealkylation sites (N-methyl/N-ethyl adjacent to an activating group) is 1. The van der Waals surface area contributed by atoms with Crippen LogP contribution in [0, 0.1) is 0 Å². The Morgan fingerprint density at radius 3 is 1.55 bits per heavy atom. The average molecular weight is 798 g/mol. The largest absolute Gasteiger partial charge is 0.756 e. The Balaban J connectivity index is 4.13. The maximum absolute atomic E-state index is 12.6. The van der Waals surface area contributed by atoms with Crippen molar-refractivity contribution in [3.05, 3.63) is 36.5 Å². The maximum atomic E-state index is 12.6. The number of unbranched alkanes of at least 4 members (excludes halogenated alkanes) is 22. The van der Waals surface area contributed by atoms with Gasteiger partial charge in [0.15, 0.2) is 0 Å². The van der Waals surface area contributed by atoms with Gasteiger partial charge in [0.1, 0.15) is 19.3 Å². The highest BCUT2D eigenvalue weighted by Gasteiger charge is 2.20. The van der Waals surface area contributed by atoms with Crippen molar-refractivity contribution in [1.29, 1.82) is 0 Å². The van der Waals surface area contributed by atoms with Crippen molar-refractivity contribution in [2.45, 2.75) is 200 Å². The summed E-state index contributed by atoms with van der Waals surface area (Å²) in [6.45, 7) is 5.35. The molecule has 0 N–H and O–H groups in total. The van der Waals surface area contributed by atoms with Crippen molar-refractivity contribution in [3.8, 4) is 0 Å². The van der Waals surface area contributed by atoms with Gasteiger partial charge in [-0.1, -0.05) is 159 Å². The van der Waals surface area contributed by atoms with Gasteiger partial charge in [-0.2, -0.15) is 0 Å². The van der Waals surface area contributed by atoms with E-state index in [1.54, 1.807) is 0 Å². The predicted octanol–water partition coefficient (Wildman–Crippen LogP) is 12.8. The monoisotopic (exact) mass is 798 g/mol. The first-order valence-corrected chi connectivity index (χ1v) is 24.2. The van der Waals surface area contributed by atoms with Gasteiger partial charge in [0.25, 0.3) is 7.82 Å². The van der Waals surface area contributed by atoms with Crippen molar-refractivity contribution in [1.82, 2.24) is 0 Å². The van der Waals surface area contributed by atoms with E-state index < -0.39 is 13.9 Å². The van der Waals surface area contributed by atoms with Crippen molar-refractivity contribution in [2.75, 3.05) is 54.1 Å². The molecule has 0 radical (unpaired) electrons. The number of rotatable bonds is 42. The molecule has 8 nitrogen and oxygen atoms in total. The number of carbonyl (C=O) groups excluding carboxylic acids is 1. The summed E-state index contributed by atoms with van der Waals surface area (Å²) < 4.78 is 34.6. The molecular weight excluding hydrogens is 709 g/mol. The molecule has 0 spiro atoms. The summed E-state index contributed by atoms with van der Waals surface area (Å²) in [6.07, 6.45) is 45.9. The Kier molecular flexibility index (Phi) is 38.6. The number of allylic oxidation sites excluding steroid dienone is 6. The van der Waals surface area contributed by atoms with E-state index in [0.717, 1.165) is 51.4 Å². The minimum absolute atomic E-state index is 0.0238. The van der Waals surface area contributed by atoms with Gasteiger partial charge in [0.2, 0.25) is 0 Å². The molecule has 0 amide bonds. The van der Waals surface area contributed by atoms with Crippen molar-refractivity contribution >= 4 is 13.8 Å². The lowest BCUT2D eigenvalue weighted by atomic mass is 10.1. The Labute approximate surface area is 340 Å². The molecule has 0 aromatic heterocycles. The first kappa shape index (κ1) is 53.7. The molecule has 0 aliphatic carbocycles. The summed E-state index contributed by atoms with van der Waals surface area (Å²) >= 11 is 0. The number of hydrogen-bond acceptors (Lipinski definition) is 7. The van der Waals surface area contributed by atoms with Crippen LogP contribution in [0.4, 0.5) is 0 Å². The third-order valence-electron chi connectivity index (χ3n) is 9.66. The normalized spacial score (nSPS) is 14.1. The van der Waals surface area contributed by atoms with Gasteiger partial charge in [-0.3, -0.25) is 9.36 Å². The smallest absolute Gasteiger partial charge is 0.306 e. The fourth-order valence-electron chi connectivity index (χ4n) is 6.09. The highest BCUT2D eigenvalue weighted by molar-refractivity contribution is 7.45. The molecule has 0 rings (SSSR count). The van der Waals surface area contributed by atoms with Crippen LogP contribution in [0.15, 0.2) is 36.5 Å². The van der Waals surface area contributed by atoms with Crippen LogP contribution in [0.2, 0.25) is 0 Å². The van der Waals surface area contributed by atoms with E-state index in [0.29, 0.717) is 24.1 Å². The Morgan fingerprint density at radius 1 is 0.564 bits per heavy atom. The van der Waals surface area contributed by atoms with Gasteiger partial charge in [0, 0.05) is 13.0 Å². The molecule has 0 aromatic carbocycles. The van der Waals surface area contributed by atoms with E-state index in [2.05, 4.69) is 50.3 Å². The van der Waals surface area contributed by atoms with E-state index in [4.69, 9.17) is 18.5 Å². The molecule has 0 fully saturated rings. The van der Waals surface area contributed by atoms with Crippen LogP contribution in [0.1, 0.15) is 194 Å². The number of phosphoric acid groups is 1. The summed E-state index contributed by atoms with van der Waals surface area (Å²) in [5.74, 6) is -0.346. The number of quaternary nitrogens is 1. The van der Waals surface area contributed by atoms with Crippen molar-refractivity contribution < 1.29 is 37.3 Å². The van der Waals surface area contributed by atoms with Crippen LogP contribution in [-0.4, -0.2) is 70.7 Å². The van der Waals surface area contributed by atoms with E-state index >= 15 is 0 Å². The zero-order valence-electron chi connectivity index (χ0n) is 36.6. The molecule has 0 aromatic rings. The standard InChI is InChI=1S/C46H88NO7P/c1-6-8-10-12-14-16-18-19-20-21-22-23-24-25-26-27-28-30-32-34-36-38-41-51-43-45(44-53-55(49,50)52-42-40-47(3,4)5)54-46(48)39-37-35-33-31-29-17-15-13-11-9-7-2/h13,15,18-19,21-22,45H,6-12,14,16-17,20,23-44H2,1-5H3/b15-13-,19-18-,22-21-. The Morgan fingerprint density at radius 2 is 1.02 bits per heavy atom. The molecule has 2 unspecified atom stereocenters. The summed E-state index contributed by atoms with van der Waals surface area (Å²) in [5.41, 5.74) is 0. The van der Waals surface area contributed by atoms with Gasteiger partial charge in [-0.05, 0) is 64.2 Å². The number of nitrogens with zero attached hydrogens (tertiary/aromatic N) is 1. The second-order valence-corrected chi connectivity index (χ2v) is 17.8. The minimum atomic E-state index is -4.52. The quantitative estimate of drug-likeness (QED) is 0.0200. The maximum Gasteiger partial charge on any atom is 0.306 e. The number of phosphoric ester groups is 1. The van der Waals surface area contributed by atoms with Crippen molar-refractivity contribution in [3.63, 3.8) is 0 Å². The molecule has 2 atom stereocenters. The lowest BCUT2D eigenvalue weighted by Gasteiger charge is -2.28. The summed E-state index contributed by atoms with van der Waals surface area (Å²) in [4.78, 5) is 25.0. The minimum Gasteiger partial charge on any atom is -0.756 e. The fraction of sp³-hybridized carbons (Fsp3) is 0.848. The van der Waals surface area contributed by atoms with Crippen LogP contribution >= 0.6 is 7.82 Å². The molecular formula is C46H88NO7P. The van der Waals surface area contributed by atoms with Crippen LogP contribution < -0.4 is 4.89 Å². The van der Waals surface area contributed by atoms with Crippen molar-refractivity contribution in [2.24, 2.45) is 0 Å². The fourth-order valence-corrected chi connectivity index (χ4v) is 6.82. The highest BCUT2D eigenvalue weighted by Crippen LogP contribution is 2.38. The number of esters is 1. The van der Waals surface area contributed by atoms with Crippen LogP contribution in [-0.2, 0) is 27.9 Å². The molecule has 0 heterocycles. The zero-order valence-corrected chi connectivity index (χ0v) is 37.5. The molecule has 55 heavy (non-hydrogen) atoms. The van der Waals surface area contributed by atoms with Gasteiger partial charge < -0.3 is 27.9 Å². The summed E-state index contributed by atoms with van der Waals surface area (Å²) in [6, 6.07) is 0. The Hall–Kier alpha value is -1.28. The molecule has 0 aliphatic rings. The first-order chi connectivity index (χ1) is 26.6. The zero-order chi connectivity index (χ0) is 40.6. The molecule has 0 aliphatic heterocycles. The third kappa shape index (κ3) is 43.7. The molecule has 324 valence electrons. The number of ether oxygens (including phenoxy) is 2. The molecule has 0 saturated heterocycles. The van der Waals surface area contributed by atoms with Gasteiger partial charge in [0.05, 0.1) is 34.4 Å². The van der Waals surface area contributed by atoms with Gasteiger partial charge in [-0.25, -0.2) is 0 Å². The second-order valence-electron chi connectivity index (χ2n) is 16.4. The predicted molar refractivity (Wildman–Crippen MR) is 231 cm³/mol. The molecule has 9 heteroatoms. The lowest BCUT2D eigenvalue weighted by Crippen LogP contribution is -2.37. The lowest BCUT2D eigenvalue weighted by molar-refractivity contribution is -0.870. The molecule has 0 bridgehead atoms. The van der Waals surface area contributed by atoms with E-state index in [1.807, 2.05) is 21.1 Å². The highest BCUT2D eigenvalue weighted by atomic mass is 31.2. The number of hydrogen-bond donors (Lipinski definition) is 0. The Bertz CT molecular complexity index is 978. The first-order valence-electron chi connectivity index (χ1n) is 22.7. The third-order valence-corrected chi connectivity index (χ3v) is 10.6. The molecule has 0 saturated carbocycles. The topological polar surface area (TPSA) is 94.1 Å². The van der Waals surface area contributed by atoms with Crippen LogP contribution in [0.3, 0.4) is 0 Å².